The average molecular weight is 239 g/mol. The lowest BCUT2D eigenvalue weighted by atomic mass is 9.66. The van der Waals surface area contributed by atoms with Crippen LogP contribution in [0.25, 0.3) is 0 Å². The fourth-order valence-corrected chi connectivity index (χ4v) is 2.80. The van der Waals surface area contributed by atoms with E-state index < -0.39 is 0 Å². The van der Waals surface area contributed by atoms with Gasteiger partial charge < -0.3 is 4.90 Å². The topological polar surface area (TPSA) is 37.4 Å². The molecule has 0 atom stereocenters. The number of carbonyl (C=O) groups excluding carboxylic acids is 2. The molecule has 0 N–H and O–H groups in total. The fraction of sp³-hybridized carbons (Fsp3) is 0.857. The first-order valence-electron chi connectivity index (χ1n) is 6.63. The molecule has 1 aliphatic carbocycles. The molecule has 1 aliphatic rings. The predicted molar refractivity (Wildman–Crippen MR) is 68.7 cm³/mol. The summed E-state index contributed by atoms with van der Waals surface area (Å²) < 4.78 is 0. The second-order valence-corrected chi connectivity index (χ2v) is 5.82. The third kappa shape index (κ3) is 3.30. The van der Waals surface area contributed by atoms with E-state index in [1.807, 2.05) is 13.8 Å². The minimum absolute atomic E-state index is 0.0306. The van der Waals surface area contributed by atoms with Crippen molar-refractivity contribution < 1.29 is 9.59 Å². The maximum absolute atomic E-state index is 12.4. The molecule has 0 aromatic rings. The lowest BCUT2D eigenvalue weighted by Crippen LogP contribution is -2.40. The highest BCUT2D eigenvalue weighted by atomic mass is 16.2. The summed E-state index contributed by atoms with van der Waals surface area (Å²) in [6, 6.07) is 0. The van der Waals surface area contributed by atoms with Crippen molar-refractivity contribution in [2.24, 2.45) is 11.3 Å². The standard InChI is InChI=1S/C14H25NO2/c1-11(2)13(17)14(8-6-5-7-9-14)10-12(16)15(3)4/h11H,5-10H2,1-4H3. The van der Waals surface area contributed by atoms with Crippen LogP contribution in [0.3, 0.4) is 0 Å². The van der Waals surface area contributed by atoms with Gasteiger partial charge in [0.05, 0.1) is 0 Å². The molecule has 0 radical (unpaired) electrons. The van der Waals surface area contributed by atoms with Gasteiger partial charge in [-0.2, -0.15) is 0 Å². The molecule has 0 aromatic heterocycles. The van der Waals surface area contributed by atoms with Crippen molar-refractivity contribution in [2.45, 2.75) is 52.4 Å². The Bertz CT molecular complexity index is 289. The largest absolute Gasteiger partial charge is 0.349 e. The molecule has 0 aromatic carbocycles. The number of amides is 1. The number of hydrogen-bond donors (Lipinski definition) is 0. The van der Waals surface area contributed by atoms with E-state index >= 15 is 0 Å². The monoisotopic (exact) mass is 239 g/mol. The Morgan fingerprint density at radius 2 is 1.65 bits per heavy atom. The third-order valence-electron chi connectivity index (χ3n) is 3.85. The van der Waals surface area contributed by atoms with E-state index in [1.54, 1.807) is 19.0 Å². The zero-order valence-electron chi connectivity index (χ0n) is 11.6. The van der Waals surface area contributed by atoms with E-state index in [4.69, 9.17) is 0 Å². The smallest absolute Gasteiger partial charge is 0.223 e. The number of nitrogens with zero attached hydrogens (tertiary/aromatic N) is 1. The summed E-state index contributed by atoms with van der Waals surface area (Å²) in [6.45, 7) is 3.89. The molecule has 98 valence electrons. The van der Waals surface area contributed by atoms with Crippen LogP contribution in [0.2, 0.25) is 0 Å². The van der Waals surface area contributed by atoms with E-state index in [1.165, 1.54) is 6.42 Å². The molecule has 3 nitrogen and oxygen atoms in total. The van der Waals surface area contributed by atoms with Gasteiger partial charge in [0, 0.05) is 31.8 Å². The van der Waals surface area contributed by atoms with Gasteiger partial charge in [0.2, 0.25) is 5.91 Å². The minimum atomic E-state index is -0.367. The Kier molecular flexibility index (Phi) is 4.72. The molecule has 0 unspecified atom stereocenters. The predicted octanol–water partition coefficient (Wildman–Crippen LogP) is 2.64. The Hall–Kier alpha value is -0.860. The van der Waals surface area contributed by atoms with Crippen LogP contribution < -0.4 is 0 Å². The molecule has 1 saturated carbocycles. The highest BCUT2D eigenvalue weighted by Crippen LogP contribution is 2.42. The number of rotatable bonds is 4. The van der Waals surface area contributed by atoms with Crippen LogP contribution >= 0.6 is 0 Å². The lowest BCUT2D eigenvalue weighted by Gasteiger charge is -2.37. The van der Waals surface area contributed by atoms with Crippen LogP contribution in [-0.4, -0.2) is 30.7 Å². The van der Waals surface area contributed by atoms with Crippen molar-refractivity contribution in [2.75, 3.05) is 14.1 Å². The van der Waals surface area contributed by atoms with Gasteiger partial charge in [0.1, 0.15) is 5.78 Å². The molecule has 1 rings (SSSR count). The number of hydrogen-bond acceptors (Lipinski definition) is 2. The van der Waals surface area contributed by atoms with Crippen molar-refractivity contribution in [3.05, 3.63) is 0 Å². The summed E-state index contributed by atoms with van der Waals surface area (Å²) in [5.41, 5.74) is -0.367. The van der Waals surface area contributed by atoms with Gasteiger partial charge in [-0.05, 0) is 12.8 Å². The molecular formula is C14H25NO2. The Balaban J connectivity index is 2.86. The first-order chi connectivity index (χ1) is 7.89. The van der Waals surface area contributed by atoms with E-state index in [-0.39, 0.29) is 23.0 Å². The first kappa shape index (κ1) is 14.2. The molecule has 3 heteroatoms. The molecule has 0 spiro atoms. The van der Waals surface area contributed by atoms with Crippen LogP contribution in [0.1, 0.15) is 52.4 Å². The van der Waals surface area contributed by atoms with Gasteiger partial charge in [-0.25, -0.2) is 0 Å². The highest BCUT2D eigenvalue weighted by molar-refractivity contribution is 5.91. The highest BCUT2D eigenvalue weighted by Gasteiger charge is 2.42. The van der Waals surface area contributed by atoms with Crippen molar-refractivity contribution in [3.8, 4) is 0 Å². The minimum Gasteiger partial charge on any atom is -0.349 e. The summed E-state index contributed by atoms with van der Waals surface area (Å²) in [7, 11) is 3.53. The maximum Gasteiger partial charge on any atom is 0.223 e. The van der Waals surface area contributed by atoms with Crippen molar-refractivity contribution in [1.82, 2.24) is 4.90 Å². The summed E-state index contributed by atoms with van der Waals surface area (Å²) in [4.78, 5) is 25.9. The fourth-order valence-electron chi connectivity index (χ4n) is 2.80. The van der Waals surface area contributed by atoms with Crippen LogP contribution in [0, 0.1) is 11.3 Å². The lowest BCUT2D eigenvalue weighted by molar-refractivity contribution is -0.142. The van der Waals surface area contributed by atoms with Crippen molar-refractivity contribution in [3.63, 3.8) is 0 Å². The number of carbonyl (C=O) groups is 2. The van der Waals surface area contributed by atoms with Crippen LogP contribution in [0.5, 0.6) is 0 Å². The number of ketones is 1. The van der Waals surface area contributed by atoms with Crippen molar-refractivity contribution >= 4 is 11.7 Å². The van der Waals surface area contributed by atoms with E-state index in [0.717, 1.165) is 25.7 Å². The second-order valence-electron chi connectivity index (χ2n) is 5.82. The quantitative estimate of drug-likeness (QED) is 0.756. The zero-order valence-corrected chi connectivity index (χ0v) is 11.6. The number of Topliss-reactive ketones (excluding diaryl/α,β-unsaturated/α-hetero) is 1. The van der Waals surface area contributed by atoms with Crippen LogP contribution in [0.4, 0.5) is 0 Å². The van der Waals surface area contributed by atoms with Crippen molar-refractivity contribution in [1.29, 1.82) is 0 Å². The van der Waals surface area contributed by atoms with Gasteiger partial charge in [-0.3, -0.25) is 9.59 Å². The summed E-state index contributed by atoms with van der Waals surface area (Å²) in [5, 5.41) is 0. The molecule has 1 amide bonds. The van der Waals surface area contributed by atoms with E-state index in [0.29, 0.717) is 6.42 Å². The maximum atomic E-state index is 12.4. The van der Waals surface area contributed by atoms with Gasteiger partial charge in [-0.1, -0.05) is 33.1 Å². The van der Waals surface area contributed by atoms with E-state index in [2.05, 4.69) is 0 Å². The van der Waals surface area contributed by atoms with Crippen LogP contribution in [0.15, 0.2) is 0 Å². The SMILES string of the molecule is CC(C)C(=O)C1(CC(=O)N(C)C)CCCCC1. The van der Waals surface area contributed by atoms with E-state index in [9.17, 15) is 9.59 Å². The molecule has 0 aliphatic heterocycles. The van der Waals surface area contributed by atoms with Gasteiger partial charge >= 0.3 is 0 Å². The summed E-state index contributed by atoms with van der Waals surface area (Å²) in [5.74, 6) is 0.399. The first-order valence-corrected chi connectivity index (χ1v) is 6.63. The zero-order chi connectivity index (χ0) is 13.1. The molecule has 0 bridgehead atoms. The van der Waals surface area contributed by atoms with Gasteiger partial charge in [-0.15, -0.1) is 0 Å². The second kappa shape index (κ2) is 5.65. The molecule has 1 fully saturated rings. The normalized spacial score (nSPS) is 19.1. The Labute approximate surface area is 105 Å². The van der Waals surface area contributed by atoms with Gasteiger partial charge in [0.25, 0.3) is 0 Å². The molecule has 0 heterocycles. The average Bonchev–Trinajstić information content (AvgIpc) is 2.28. The molecule has 17 heavy (non-hydrogen) atoms. The Morgan fingerprint density at radius 1 is 1.12 bits per heavy atom. The van der Waals surface area contributed by atoms with Crippen LogP contribution in [-0.2, 0) is 9.59 Å². The summed E-state index contributed by atoms with van der Waals surface area (Å²) in [6.07, 6.45) is 5.55. The Morgan fingerprint density at radius 3 is 2.06 bits per heavy atom. The summed E-state index contributed by atoms with van der Waals surface area (Å²) >= 11 is 0. The molecular weight excluding hydrogens is 214 g/mol. The third-order valence-corrected chi connectivity index (χ3v) is 3.85. The molecule has 0 saturated heterocycles. The van der Waals surface area contributed by atoms with Gasteiger partial charge in [0.15, 0.2) is 0 Å².